The lowest BCUT2D eigenvalue weighted by Crippen LogP contribution is -2.70. The highest BCUT2D eigenvalue weighted by molar-refractivity contribution is 7.24. The minimum atomic E-state index is -2.65. The Morgan fingerprint density at radius 2 is 0.862 bits per heavy atom. The average Bonchev–Trinajstić information content (AvgIpc) is 3.75. The molecule has 3 aliphatic heterocycles. The first-order chi connectivity index (χ1) is 28.6. The van der Waals surface area contributed by atoms with E-state index in [0.717, 1.165) is 0 Å². The Hall–Kier alpha value is -6.74. The molecule has 0 saturated carbocycles. The van der Waals surface area contributed by atoms with Crippen molar-refractivity contribution in [1.82, 2.24) is 0 Å². The highest BCUT2D eigenvalue weighted by Gasteiger charge is 2.56. The summed E-state index contributed by atoms with van der Waals surface area (Å²) in [7, 11) is -2.65. The average molecular weight is 754 g/mol. The van der Waals surface area contributed by atoms with Crippen LogP contribution in [0.15, 0.2) is 200 Å². The van der Waals surface area contributed by atoms with E-state index in [-0.39, 0.29) is 5.41 Å². The van der Waals surface area contributed by atoms with Crippen LogP contribution < -0.4 is 25.6 Å². The molecular formula is C56H39NSi. The van der Waals surface area contributed by atoms with Crippen LogP contribution in [-0.2, 0) is 10.8 Å². The van der Waals surface area contributed by atoms with Crippen LogP contribution in [0.1, 0.15) is 47.2 Å². The number of nitrogens with zero attached hydrogens (tertiary/aromatic N) is 1. The highest BCUT2D eigenvalue weighted by atomic mass is 28.3. The van der Waals surface area contributed by atoms with Crippen molar-refractivity contribution in [3.63, 3.8) is 0 Å². The summed E-state index contributed by atoms with van der Waals surface area (Å²) in [5.41, 5.74) is 16.7. The van der Waals surface area contributed by atoms with Crippen LogP contribution in [0.2, 0.25) is 0 Å². The fourth-order valence-electron chi connectivity index (χ4n) is 12.2. The molecule has 2 spiro atoms. The summed E-state index contributed by atoms with van der Waals surface area (Å²) in [5.74, 6) is 0. The molecule has 0 amide bonds. The third-order valence-corrected chi connectivity index (χ3v) is 19.3. The van der Waals surface area contributed by atoms with Gasteiger partial charge < -0.3 is 4.90 Å². The molecule has 0 N–H and O–H groups in total. The lowest BCUT2D eigenvalue weighted by molar-refractivity contribution is 0.558. The van der Waals surface area contributed by atoms with Gasteiger partial charge >= 0.3 is 0 Å². The minimum Gasteiger partial charge on any atom is -0.310 e. The van der Waals surface area contributed by atoms with Crippen molar-refractivity contribution in [2.45, 2.75) is 24.7 Å². The normalized spacial score (nSPS) is 16.1. The zero-order valence-corrected chi connectivity index (χ0v) is 33.5. The van der Waals surface area contributed by atoms with Crippen molar-refractivity contribution < 1.29 is 0 Å². The Labute approximate surface area is 340 Å². The predicted molar refractivity (Wildman–Crippen MR) is 244 cm³/mol. The van der Waals surface area contributed by atoms with Crippen molar-refractivity contribution in [1.29, 1.82) is 0 Å². The second-order valence-electron chi connectivity index (χ2n) is 17.1. The van der Waals surface area contributed by atoms with Crippen LogP contribution in [0.3, 0.4) is 0 Å². The van der Waals surface area contributed by atoms with E-state index >= 15 is 0 Å². The van der Waals surface area contributed by atoms with Gasteiger partial charge in [0.25, 0.3) is 0 Å². The standard InChI is InChI=1S/C56H39NSi/c1-55(2)43-22-8-10-24-45(43)56(46-25-11-9-23-44(46)55)47-26-12-13-27-48(47)57(49-34-31-36-17-3-4-18-38(36)54(49)56)37-32-33-42-41-21-7-16-30-52(41)58(53(42)35-37)50-28-14-5-19-39(50)40-20-6-15-29-51(40)58/h3-35H,1-2H3. The van der Waals surface area contributed by atoms with E-state index in [1.807, 2.05) is 0 Å². The topological polar surface area (TPSA) is 3.24 Å². The Bertz CT molecular complexity index is 3130. The van der Waals surface area contributed by atoms with Crippen LogP contribution in [0, 0.1) is 0 Å². The quantitative estimate of drug-likeness (QED) is 0.151. The molecule has 0 saturated heterocycles. The first-order valence-corrected chi connectivity index (χ1v) is 22.6. The third kappa shape index (κ3) is 3.69. The summed E-state index contributed by atoms with van der Waals surface area (Å²) in [6.07, 6.45) is 0. The van der Waals surface area contributed by atoms with E-state index in [1.165, 1.54) is 104 Å². The molecule has 0 bridgehead atoms. The molecule has 0 atom stereocenters. The maximum atomic E-state index is 2.60. The Kier molecular flexibility index (Phi) is 6.26. The van der Waals surface area contributed by atoms with Crippen LogP contribution >= 0.6 is 0 Å². The van der Waals surface area contributed by atoms with Gasteiger partial charge in [-0.1, -0.05) is 190 Å². The molecule has 1 aliphatic carbocycles. The second-order valence-corrected chi connectivity index (χ2v) is 20.8. The summed E-state index contributed by atoms with van der Waals surface area (Å²) in [4.78, 5) is 2.60. The van der Waals surface area contributed by atoms with E-state index in [1.54, 1.807) is 0 Å². The lowest BCUT2D eigenvalue weighted by atomic mass is 9.52. The Morgan fingerprint density at radius 3 is 1.48 bits per heavy atom. The zero-order chi connectivity index (χ0) is 38.4. The summed E-state index contributed by atoms with van der Waals surface area (Å²) in [6.45, 7) is 4.81. The number of hydrogen-bond acceptors (Lipinski definition) is 1. The van der Waals surface area contributed by atoms with Gasteiger partial charge in [0.05, 0.1) is 16.8 Å². The van der Waals surface area contributed by atoms with Crippen molar-refractivity contribution in [3.05, 3.63) is 234 Å². The molecule has 9 aromatic rings. The smallest absolute Gasteiger partial charge is 0.182 e. The van der Waals surface area contributed by atoms with E-state index in [4.69, 9.17) is 0 Å². The minimum absolute atomic E-state index is 0.170. The number of para-hydroxylation sites is 1. The van der Waals surface area contributed by atoms with Gasteiger partial charge in [-0.25, -0.2) is 0 Å². The molecule has 58 heavy (non-hydrogen) atoms. The number of benzene rings is 9. The number of rotatable bonds is 1. The van der Waals surface area contributed by atoms with E-state index < -0.39 is 13.5 Å². The van der Waals surface area contributed by atoms with Crippen molar-refractivity contribution in [2.24, 2.45) is 0 Å². The van der Waals surface area contributed by atoms with Crippen LogP contribution in [-0.4, -0.2) is 8.07 Å². The van der Waals surface area contributed by atoms with E-state index in [2.05, 4.69) is 219 Å². The van der Waals surface area contributed by atoms with Gasteiger partial charge in [-0.3, -0.25) is 0 Å². The van der Waals surface area contributed by atoms with Gasteiger partial charge in [0.1, 0.15) is 0 Å². The van der Waals surface area contributed by atoms with Crippen LogP contribution in [0.25, 0.3) is 33.0 Å². The van der Waals surface area contributed by atoms with E-state index in [0.29, 0.717) is 0 Å². The number of anilines is 3. The molecule has 4 aliphatic rings. The van der Waals surface area contributed by atoms with Crippen LogP contribution in [0.5, 0.6) is 0 Å². The van der Waals surface area contributed by atoms with Gasteiger partial charge in [0, 0.05) is 16.7 Å². The third-order valence-electron chi connectivity index (χ3n) is 14.3. The molecule has 0 fully saturated rings. The maximum Gasteiger partial charge on any atom is 0.182 e. The predicted octanol–water partition coefficient (Wildman–Crippen LogP) is 11.0. The van der Waals surface area contributed by atoms with E-state index in [9.17, 15) is 0 Å². The molecule has 9 aromatic carbocycles. The monoisotopic (exact) mass is 753 g/mol. The van der Waals surface area contributed by atoms with Gasteiger partial charge in [0.15, 0.2) is 8.07 Å². The number of fused-ring (bicyclic) bond motifs is 20. The Balaban J connectivity index is 1.16. The molecule has 2 heteroatoms. The summed E-state index contributed by atoms with van der Waals surface area (Å²) >= 11 is 0. The van der Waals surface area contributed by atoms with Crippen LogP contribution in [0.4, 0.5) is 17.1 Å². The van der Waals surface area contributed by atoms with Crippen molar-refractivity contribution in [3.8, 4) is 22.3 Å². The van der Waals surface area contributed by atoms with Gasteiger partial charge in [-0.15, -0.1) is 0 Å². The van der Waals surface area contributed by atoms with Gasteiger partial charge in [-0.05, 0) is 106 Å². The lowest BCUT2D eigenvalue weighted by Gasteiger charge is -2.52. The molecular weight excluding hydrogens is 715 g/mol. The molecule has 1 nitrogen and oxygen atoms in total. The fraction of sp³-hybridized carbons (Fsp3) is 0.0714. The van der Waals surface area contributed by atoms with Gasteiger partial charge in [0.2, 0.25) is 0 Å². The second kappa shape index (κ2) is 11.2. The molecule has 0 aromatic heterocycles. The SMILES string of the molecule is CC1(C)c2ccccc2C2(c3ccccc3N(c3ccc4c(c3)[Si]3(c5ccccc5-c5ccccc53)c3ccccc3-4)c3ccc4ccccc4c32)c2ccccc21. The summed E-state index contributed by atoms with van der Waals surface area (Å²) < 4.78 is 0. The van der Waals surface area contributed by atoms with Crippen molar-refractivity contribution >= 4 is 56.7 Å². The largest absolute Gasteiger partial charge is 0.310 e. The molecule has 272 valence electrons. The Morgan fingerprint density at radius 1 is 0.379 bits per heavy atom. The highest BCUT2D eigenvalue weighted by Crippen LogP contribution is 2.64. The fourth-order valence-corrected chi connectivity index (χ4v) is 17.8. The molecule has 13 rings (SSSR count). The maximum absolute atomic E-state index is 2.65. The molecule has 0 radical (unpaired) electrons. The van der Waals surface area contributed by atoms with Gasteiger partial charge in [-0.2, -0.15) is 0 Å². The summed E-state index contributed by atoms with van der Waals surface area (Å²) in [5, 5.41) is 8.54. The number of hydrogen-bond donors (Lipinski definition) is 0. The van der Waals surface area contributed by atoms with Crippen molar-refractivity contribution in [2.75, 3.05) is 4.90 Å². The summed E-state index contributed by atoms with van der Waals surface area (Å²) in [6, 6.07) is 76.9. The molecule has 3 heterocycles. The zero-order valence-electron chi connectivity index (χ0n) is 32.5. The first kappa shape index (κ1) is 32.4. The molecule has 0 unspecified atom stereocenters. The first-order valence-electron chi connectivity index (χ1n) is 20.6.